The lowest BCUT2D eigenvalue weighted by molar-refractivity contribution is -0.121. The maximum atomic E-state index is 12.7. The third-order valence-corrected chi connectivity index (χ3v) is 7.42. The fourth-order valence-electron chi connectivity index (χ4n) is 3.93. The van der Waals surface area contributed by atoms with Crippen LogP contribution in [0.2, 0.25) is 0 Å². The van der Waals surface area contributed by atoms with Gasteiger partial charge in [0, 0.05) is 19.0 Å². The molecule has 4 rings (SSSR count). The Balaban J connectivity index is 1.30. The summed E-state index contributed by atoms with van der Waals surface area (Å²) in [7, 11) is -3.64. The molecule has 0 fully saturated rings. The van der Waals surface area contributed by atoms with E-state index >= 15 is 0 Å². The average molecular weight is 473 g/mol. The van der Waals surface area contributed by atoms with Gasteiger partial charge in [-0.2, -0.15) is 0 Å². The van der Waals surface area contributed by atoms with Gasteiger partial charge in [-0.3, -0.25) is 4.79 Å². The number of rotatable bonds is 9. The zero-order chi connectivity index (χ0) is 24.0. The van der Waals surface area contributed by atoms with E-state index in [0.29, 0.717) is 19.4 Å². The standard InChI is InChI=1S/C28H28N2O3S/c1-21(23-8-3-2-4-9-23)30-34(32,33)26-17-14-22(15-18-26)16-19-28(31)29-20-25-12-7-11-24-10-5-6-13-27(24)25/h2-15,17-18,21,30H,16,19-20H2,1H3,(H,29,31)/t21-/m1/s1. The van der Waals surface area contributed by atoms with Crippen molar-refractivity contribution in [3.8, 4) is 0 Å². The molecule has 6 heteroatoms. The van der Waals surface area contributed by atoms with E-state index in [1.54, 1.807) is 24.3 Å². The summed E-state index contributed by atoms with van der Waals surface area (Å²) in [5, 5.41) is 5.28. The SMILES string of the molecule is C[C@@H](NS(=O)(=O)c1ccc(CCC(=O)NCc2cccc3ccccc23)cc1)c1ccccc1. The Labute approximate surface area is 200 Å². The van der Waals surface area contributed by atoms with Gasteiger partial charge in [0.15, 0.2) is 0 Å². The van der Waals surface area contributed by atoms with Crippen LogP contribution in [-0.4, -0.2) is 14.3 Å². The summed E-state index contributed by atoms with van der Waals surface area (Å²) < 4.78 is 28.2. The maximum Gasteiger partial charge on any atom is 0.241 e. The molecule has 0 aromatic heterocycles. The quantitative estimate of drug-likeness (QED) is 0.355. The summed E-state index contributed by atoms with van der Waals surface area (Å²) in [6.45, 7) is 2.29. The first kappa shape index (κ1) is 23.7. The Hall–Kier alpha value is -3.48. The van der Waals surface area contributed by atoms with E-state index in [0.717, 1.165) is 27.5 Å². The van der Waals surface area contributed by atoms with Gasteiger partial charge in [-0.1, -0.05) is 84.9 Å². The summed E-state index contributed by atoms with van der Waals surface area (Å²) >= 11 is 0. The lowest BCUT2D eigenvalue weighted by atomic mass is 10.0. The molecule has 0 saturated carbocycles. The van der Waals surface area contributed by atoms with E-state index in [9.17, 15) is 13.2 Å². The van der Waals surface area contributed by atoms with Gasteiger partial charge < -0.3 is 5.32 Å². The normalized spacial score (nSPS) is 12.4. The van der Waals surface area contributed by atoms with Crippen LogP contribution in [0.15, 0.2) is 102 Å². The zero-order valence-corrected chi connectivity index (χ0v) is 19.9. The lowest BCUT2D eigenvalue weighted by Gasteiger charge is -2.15. The Bertz CT molecular complexity index is 1360. The summed E-state index contributed by atoms with van der Waals surface area (Å²) in [5.74, 6) is -0.0389. The summed E-state index contributed by atoms with van der Waals surface area (Å²) in [6.07, 6.45) is 0.871. The molecule has 4 aromatic rings. The van der Waals surface area contributed by atoms with Crippen LogP contribution in [0, 0.1) is 0 Å². The molecule has 0 saturated heterocycles. The highest BCUT2D eigenvalue weighted by Gasteiger charge is 2.18. The molecule has 1 amide bonds. The monoisotopic (exact) mass is 472 g/mol. The van der Waals surface area contributed by atoms with Crippen LogP contribution < -0.4 is 10.0 Å². The van der Waals surface area contributed by atoms with E-state index in [-0.39, 0.29) is 16.8 Å². The summed E-state index contributed by atoms with van der Waals surface area (Å²) in [6, 6.07) is 30.0. The van der Waals surface area contributed by atoms with E-state index in [1.807, 2.05) is 61.5 Å². The molecule has 0 radical (unpaired) electrons. The Kier molecular flexibility index (Phi) is 7.40. The number of carbonyl (C=O) groups is 1. The fraction of sp³-hybridized carbons (Fsp3) is 0.179. The maximum absolute atomic E-state index is 12.7. The fourth-order valence-corrected chi connectivity index (χ4v) is 5.16. The number of benzene rings is 4. The van der Waals surface area contributed by atoms with E-state index < -0.39 is 10.0 Å². The number of nitrogens with one attached hydrogen (secondary N) is 2. The molecule has 2 N–H and O–H groups in total. The molecule has 0 aliphatic heterocycles. The van der Waals surface area contributed by atoms with Crippen molar-refractivity contribution in [2.24, 2.45) is 0 Å². The Morgan fingerprint density at radius 2 is 1.50 bits per heavy atom. The van der Waals surface area contributed by atoms with Crippen LogP contribution in [-0.2, 0) is 27.8 Å². The molecular weight excluding hydrogens is 444 g/mol. The lowest BCUT2D eigenvalue weighted by Crippen LogP contribution is -2.26. The van der Waals surface area contributed by atoms with Gasteiger partial charge in [0.1, 0.15) is 0 Å². The highest BCUT2D eigenvalue weighted by atomic mass is 32.2. The molecule has 0 spiro atoms. The third-order valence-electron chi connectivity index (χ3n) is 5.86. The van der Waals surface area contributed by atoms with Crippen LogP contribution in [0.4, 0.5) is 0 Å². The largest absolute Gasteiger partial charge is 0.352 e. The van der Waals surface area contributed by atoms with Gasteiger partial charge in [-0.15, -0.1) is 0 Å². The minimum atomic E-state index is -3.64. The Morgan fingerprint density at radius 1 is 0.824 bits per heavy atom. The molecule has 0 heterocycles. The second-order valence-electron chi connectivity index (χ2n) is 8.31. The average Bonchev–Trinajstić information content (AvgIpc) is 2.86. The molecule has 0 unspecified atom stereocenters. The van der Waals surface area contributed by atoms with Crippen molar-refractivity contribution in [2.45, 2.75) is 37.2 Å². The number of fused-ring (bicyclic) bond motifs is 1. The number of hydrogen-bond acceptors (Lipinski definition) is 3. The van der Waals surface area contributed by atoms with Crippen LogP contribution in [0.1, 0.15) is 36.1 Å². The van der Waals surface area contributed by atoms with Gasteiger partial charge in [0.05, 0.1) is 4.90 Å². The molecule has 5 nitrogen and oxygen atoms in total. The molecular formula is C28H28N2O3S. The molecule has 174 valence electrons. The van der Waals surface area contributed by atoms with Crippen LogP contribution in [0.25, 0.3) is 10.8 Å². The topological polar surface area (TPSA) is 75.3 Å². The number of carbonyl (C=O) groups excluding carboxylic acids is 1. The van der Waals surface area contributed by atoms with Gasteiger partial charge in [-0.25, -0.2) is 13.1 Å². The van der Waals surface area contributed by atoms with Crippen molar-refractivity contribution < 1.29 is 13.2 Å². The molecule has 0 aliphatic carbocycles. The second kappa shape index (κ2) is 10.6. The molecule has 4 aromatic carbocycles. The van der Waals surface area contributed by atoms with Gasteiger partial charge in [0.2, 0.25) is 15.9 Å². The number of hydrogen-bond donors (Lipinski definition) is 2. The van der Waals surface area contributed by atoms with Gasteiger partial charge in [-0.05, 0) is 52.9 Å². The first-order valence-corrected chi connectivity index (χ1v) is 12.8. The van der Waals surface area contributed by atoms with E-state index in [2.05, 4.69) is 28.2 Å². The second-order valence-corrected chi connectivity index (χ2v) is 10.0. The van der Waals surface area contributed by atoms with Crippen molar-refractivity contribution in [2.75, 3.05) is 0 Å². The highest BCUT2D eigenvalue weighted by Crippen LogP contribution is 2.19. The van der Waals surface area contributed by atoms with Crippen LogP contribution >= 0.6 is 0 Å². The Morgan fingerprint density at radius 3 is 2.26 bits per heavy atom. The molecule has 1 atom stereocenters. The number of aryl methyl sites for hydroxylation is 1. The summed E-state index contributed by atoms with van der Waals surface area (Å²) in [5.41, 5.74) is 2.89. The van der Waals surface area contributed by atoms with Gasteiger partial charge >= 0.3 is 0 Å². The van der Waals surface area contributed by atoms with Crippen molar-refractivity contribution in [3.63, 3.8) is 0 Å². The first-order valence-electron chi connectivity index (χ1n) is 11.3. The van der Waals surface area contributed by atoms with E-state index in [4.69, 9.17) is 0 Å². The van der Waals surface area contributed by atoms with Gasteiger partial charge in [0.25, 0.3) is 0 Å². The first-order chi connectivity index (χ1) is 16.4. The predicted octanol–water partition coefficient (Wildman–Crippen LogP) is 5.13. The van der Waals surface area contributed by atoms with Crippen molar-refractivity contribution in [3.05, 3.63) is 114 Å². The smallest absolute Gasteiger partial charge is 0.241 e. The molecule has 0 aliphatic rings. The van der Waals surface area contributed by atoms with Crippen LogP contribution in [0.5, 0.6) is 0 Å². The van der Waals surface area contributed by atoms with Crippen molar-refractivity contribution in [1.29, 1.82) is 0 Å². The zero-order valence-electron chi connectivity index (χ0n) is 19.1. The molecule has 34 heavy (non-hydrogen) atoms. The van der Waals surface area contributed by atoms with E-state index in [1.165, 1.54) is 0 Å². The van der Waals surface area contributed by atoms with Crippen LogP contribution in [0.3, 0.4) is 0 Å². The third kappa shape index (κ3) is 5.90. The number of sulfonamides is 1. The summed E-state index contributed by atoms with van der Waals surface area (Å²) in [4.78, 5) is 12.6. The molecule has 0 bridgehead atoms. The van der Waals surface area contributed by atoms with Crippen molar-refractivity contribution >= 4 is 26.7 Å². The number of amides is 1. The predicted molar refractivity (Wildman–Crippen MR) is 136 cm³/mol. The highest BCUT2D eigenvalue weighted by molar-refractivity contribution is 7.89. The van der Waals surface area contributed by atoms with Crippen molar-refractivity contribution in [1.82, 2.24) is 10.0 Å². The minimum absolute atomic E-state index is 0.0389. The minimum Gasteiger partial charge on any atom is -0.352 e.